The van der Waals surface area contributed by atoms with E-state index in [0.717, 1.165) is 21.7 Å². The number of hydrogen-bond acceptors (Lipinski definition) is 5. The second kappa shape index (κ2) is 10.2. The fourth-order valence-electron chi connectivity index (χ4n) is 3.01. The van der Waals surface area contributed by atoms with Crippen molar-refractivity contribution < 1.29 is 14.7 Å². The molecule has 3 aromatic rings. The number of aromatic nitrogens is 1. The van der Waals surface area contributed by atoms with E-state index in [9.17, 15) is 14.7 Å². The summed E-state index contributed by atoms with van der Waals surface area (Å²) < 4.78 is 0. The number of carboxylic acids is 1. The highest BCUT2D eigenvalue weighted by atomic mass is 32.1. The van der Waals surface area contributed by atoms with Gasteiger partial charge in [-0.25, -0.2) is 9.78 Å². The molecule has 0 radical (unpaired) electrons. The summed E-state index contributed by atoms with van der Waals surface area (Å²) in [6.07, 6.45) is 2.48. The van der Waals surface area contributed by atoms with E-state index in [1.807, 2.05) is 60.0 Å². The minimum atomic E-state index is -1.06. The third-order valence-electron chi connectivity index (χ3n) is 4.60. The van der Waals surface area contributed by atoms with E-state index < -0.39 is 17.9 Å². The van der Waals surface area contributed by atoms with Crippen molar-refractivity contribution in [2.45, 2.75) is 18.9 Å². The Bertz CT molecular complexity index is 928. The standard InChI is InChI=1S/C22H22N2O3S2/c25-20(18(14-28)12-15-4-2-1-3-5-15)24-19(22(26)27)13-16-6-8-17(9-7-16)21-23-10-11-29-21/h1-11,18-19,28H,12-14H2,(H,24,25)(H,26,27)/t18-,19-/m0/s1. The predicted molar refractivity (Wildman–Crippen MR) is 118 cm³/mol. The molecule has 0 aliphatic heterocycles. The van der Waals surface area contributed by atoms with Gasteiger partial charge < -0.3 is 10.4 Å². The number of carboxylic acid groups (broad SMARTS) is 1. The highest BCUT2D eigenvalue weighted by molar-refractivity contribution is 7.80. The van der Waals surface area contributed by atoms with Gasteiger partial charge in [-0.05, 0) is 17.5 Å². The topological polar surface area (TPSA) is 79.3 Å². The molecule has 0 unspecified atom stereocenters. The fraction of sp³-hybridized carbons (Fsp3) is 0.227. The largest absolute Gasteiger partial charge is 0.480 e. The molecule has 0 bridgehead atoms. The van der Waals surface area contributed by atoms with Crippen molar-refractivity contribution in [3.8, 4) is 10.6 Å². The van der Waals surface area contributed by atoms with Gasteiger partial charge in [-0.2, -0.15) is 12.6 Å². The normalized spacial score (nSPS) is 12.9. The van der Waals surface area contributed by atoms with E-state index in [0.29, 0.717) is 12.2 Å². The lowest BCUT2D eigenvalue weighted by Crippen LogP contribution is -2.45. The molecule has 0 spiro atoms. The summed E-state index contributed by atoms with van der Waals surface area (Å²) in [7, 11) is 0. The van der Waals surface area contributed by atoms with E-state index in [4.69, 9.17) is 0 Å². The second-order valence-electron chi connectivity index (χ2n) is 6.71. The minimum absolute atomic E-state index is 0.212. The molecule has 7 heteroatoms. The summed E-state index contributed by atoms with van der Waals surface area (Å²) in [5.41, 5.74) is 2.84. The van der Waals surface area contributed by atoms with Crippen LogP contribution in [0.15, 0.2) is 66.2 Å². The summed E-state index contributed by atoms with van der Waals surface area (Å²) >= 11 is 5.83. The molecule has 150 valence electrons. The molecule has 0 fully saturated rings. The van der Waals surface area contributed by atoms with Gasteiger partial charge in [0.25, 0.3) is 0 Å². The van der Waals surface area contributed by atoms with Crippen LogP contribution in [0, 0.1) is 5.92 Å². The molecule has 0 aliphatic rings. The average molecular weight is 427 g/mol. The first-order chi connectivity index (χ1) is 14.1. The van der Waals surface area contributed by atoms with Crippen LogP contribution in [0.2, 0.25) is 0 Å². The number of carbonyl (C=O) groups excluding carboxylic acids is 1. The van der Waals surface area contributed by atoms with Gasteiger partial charge in [-0.3, -0.25) is 4.79 Å². The van der Waals surface area contributed by atoms with Crippen LogP contribution in [0.5, 0.6) is 0 Å². The van der Waals surface area contributed by atoms with Gasteiger partial charge in [0, 0.05) is 29.3 Å². The van der Waals surface area contributed by atoms with E-state index in [1.165, 1.54) is 0 Å². The van der Waals surface area contributed by atoms with Crippen molar-refractivity contribution in [1.29, 1.82) is 0 Å². The average Bonchev–Trinajstić information content (AvgIpc) is 3.27. The van der Waals surface area contributed by atoms with Crippen LogP contribution in [0.4, 0.5) is 0 Å². The monoisotopic (exact) mass is 426 g/mol. The lowest BCUT2D eigenvalue weighted by atomic mass is 9.98. The number of thiol groups is 1. The number of amides is 1. The first kappa shape index (κ1) is 21.1. The van der Waals surface area contributed by atoms with Crippen LogP contribution in [-0.4, -0.2) is 33.8 Å². The SMILES string of the molecule is O=C(N[C@@H](Cc1ccc(-c2nccs2)cc1)C(=O)O)[C@H](CS)Cc1ccccc1. The maximum absolute atomic E-state index is 12.7. The molecule has 2 N–H and O–H groups in total. The first-order valence-electron chi connectivity index (χ1n) is 9.23. The Balaban J connectivity index is 1.64. The first-order valence-corrected chi connectivity index (χ1v) is 10.7. The molecule has 2 atom stereocenters. The molecule has 0 saturated carbocycles. The van der Waals surface area contributed by atoms with Gasteiger partial charge in [0.05, 0.1) is 5.92 Å². The quantitative estimate of drug-likeness (QED) is 0.456. The lowest BCUT2D eigenvalue weighted by Gasteiger charge is -2.19. The Morgan fingerprint density at radius 1 is 1.03 bits per heavy atom. The lowest BCUT2D eigenvalue weighted by molar-refractivity contribution is -0.142. The van der Waals surface area contributed by atoms with Crippen LogP contribution in [0.3, 0.4) is 0 Å². The third-order valence-corrected chi connectivity index (χ3v) is 5.87. The number of benzene rings is 2. The van der Waals surface area contributed by atoms with Crippen molar-refractivity contribution in [2.75, 3.05) is 5.75 Å². The van der Waals surface area contributed by atoms with Gasteiger partial charge in [0.15, 0.2) is 0 Å². The van der Waals surface area contributed by atoms with Gasteiger partial charge in [0.1, 0.15) is 11.0 Å². The number of hydrogen-bond donors (Lipinski definition) is 3. The number of rotatable bonds is 9. The number of thiazole rings is 1. The van der Waals surface area contributed by atoms with Crippen LogP contribution in [0.1, 0.15) is 11.1 Å². The van der Waals surface area contributed by atoms with Crippen molar-refractivity contribution in [3.05, 3.63) is 77.3 Å². The predicted octanol–water partition coefficient (Wildman–Crippen LogP) is 3.71. The molecule has 0 aliphatic carbocycles. The third kappa shape index (κ3) is 5.92. The Kier molecular flexibility index (Phi) is 7.43. The zero-order valence-electron chi connectivity index (χ0n) is 15.7. The van der Waals surface area contributed by atoms with Crippen LogP contribution < -0.4 is 5.32 Å². The van der Waals surface area contributed by atoms with Gasteiger partial charge in [-0.15, -0.1) is 11.3 Å². The highest BCUT2D eigenvalue weighted by Crippen LogP contribution is 2.22. The van der Waals surface area contributed by atoms with Crippen molar-refractivity contribution in [3.63, 3.8) is 0 Å². The van der Waals surface area contributed by atoms with Crippen molar-refractivity contribution in [2.24, 2.45) is 5.92 Å². The smallest absolute Gasteiger partial charge is 0.326 e. The Hall–Kier alpha value is -2.64. The Labute approximate surface area is 179 Å². The molecular weight excluding hydrogens is 404 g/mol. The molecule has 3 rings (SSSR count). The summed E-state index contributed by atoms with van der Waals surface area (Å²) in [5.74, 6) is -1.40. The maximum atomic E-state index is 12.7. The zero-order valence-corrected chi connectivity index (χ0v) is 17.4. The molecule has 1 aromatic heterocycles. The Morgan fingerprint density at radius 3 is 2.31 bits per heavy atom. The zero-order chi connectivity index (χ0) is 20.6. The van der Waals surface area contributed by atoms with Crippen molar-refractivity contribution >= 4 is 35.8 Å². The van der Waals surface area contributed by atoms with E-state index in [2.05, 4.69) is 22.9 Å². The van der Waals surface area contributed by atoms with Crippen LogP contribution >= 0.6 is 24.0 Å². The highest BCUT2D eigenvalue weighted by Gasteiger charge is 2.25. The molecule has 1 amide bonds. The summed E-state index contributed by atoms with van der Waals surface area (Å²) in [4.78, 5) is 28.7. The molecule has 29 heavy (non-hydrogen) atoms. The molecule has 5 nitrogen and oxygen atoms in total. The summed E-state index contributed by atoms with van der Waals surface area (Å²) in [6, 6.07) is 16.2. The fourth-order valence-corrected chi connectivity index (χ4v) is 3.95. The molecule has 2 aromatic carbocycles. The second-order valence-corrected chi connectivity index (χ2v) is 7.97. The van der Waals surface area contributed by atoms with E-state index in [1.54, 1.807) is 17.5 Å². The number of carbonyl (C=O) groups is 2. The van der Waals surface area contributed by atoms with Gasteiger partial charge in [-0.1, -0.05) is 54.6 Å². The minimum Gasteiger partial charge on any atom is -0.480 e. The van der Waals surface area contributed by atoms with Crippen LogP contribution in [-0.2, 0) is 22.4 Å². The van der Waals surface area contributed by atoms with Crippen molar-refractivity contribution in [1.82, 2.24) is 10.3 Å². The maximum Gasteiger partial charge on any atom is 0.326 e. The number of nitrogens with one attached hydrogen (secondary N) is 1. The van der Waals surface area contributed by atoms with Crippen LogP contribution in [0.25, 0.3) is 10.6 Å². The molecule has 1 heterocycles. The van der Waals surface area contributed by atoms with Gasteiger partial charge >= 0.3 is 5.97 Å². The number of nitrogens with zero attached hydrogens (tertiary/aromatic N) is 1. The molecular formula is C22H22N2O3S2. The Morgan fingerprint density at radius 2 is 1.72 bits per heavy atom. The summed E-state index contributed by atoms with van der Waals surface area (Å²) in [6.45, 7) is 0. The van der Waals surface area contributed by atoms with E-state index in [-0.39, 0.29) is 12.3 Å². The summed E-state index contributed by atoms with van der Waals surface area (Å²) in [5, 5.41) is 15.1. The number of aliphatic carboxylic acids is 1. The van der Waals surface area contributed by atoms with Gasteiger partial charge in [0.2, 0.25) is 5.91 Å². The van der Waals surface area contributed by atoms with E-state index >= 15 is 0 Å². The molecule has 0 saturated heterocycles.